The van der Waals surface area contributed by atoms with Crippen LogP contribution >= 0.6 is 22.7 Å². The predicted octanol–water partition coefficient (Wildman–Crippen LogP) is 3.64. The summed E-state index contributed by atoms with van der Waals surface area (Å²) in [5, 5.41) is 5.56. The first-order valence-corrected chi connectivity index (χ1v) is 6.68. The average Bonchev–Trinajstić information content (AvgIpc) is 2.76. The molecule has 3 heteroatoms. The second-order valence-electron chi connectivity index (χ2n) is 3.32. The number of hydrogen-bond acceptors (Lipinski definition) is 3. The molecule has 1 unspecified atom stereocenters. The molecule has 0 aliphatic carbocycles. The van der Waals surface area contributed by atoms with Crippen LogP contribution < -0.4 is 5.32 Å². The van der Waals surface area contributed by atoms with Gasteiger partial charge in [0.25, 0.3) is 0 Å². The molecule has 2 rings (SSSR count). The molecule has 78 valence electrons. The molecule has 0 saturated carbocycles. The smallest absolute Gasteiger partial charge is 0.0526 e. The van der Waals surface area contributed by atoms with Crippen molar-refractivity contribution in [1.29, 1.82) is 0 Å². The monoisotopic (exact) mass is 235 g/mol. The van der Waals surface area contributed by atoms with Crippen molar-refractivity contribution in [3.05, 3.63) is 22.4 Å². The van der Waals surface area contributed by atoms with Crippen molar-refractivity contribution in [3.8, 4) is 12.3 Å². The Morgan fingerprint density at radius 2 is 2.40 bits per heavy atom. The van der Waals surface area contributed by atoms with Crippen LogP contribution in [0.2, 0.25) is 0 Å². The molecule has 1 N–H and O–H groups in total. The van der Waals surface area contributed by atoms with Crippen LogP contribution in [0.3, 0.4) is 0 Å². The van der Waals surface area contributed by atoms with Crippen molar-refractivity contribution in [2.24, 2.45) is 0 Å². The first-order chi connectivity index (χ1) is 7.35. The highest BCUT2D eigenvalue weighted by molar-refractivity contribution is 7.26. The molecule has 1 atom stereocenters. The van der Waals surface area contributed by atoms with Crippen LogP contribution in [0.5, 0.6) is 0 Å². The first kappa shape index (κ1) is 10.7. The van der Waals surface area contributed by atoms with Crippen molar-refractivity contribution in [3.63, 3.8) is 0 Å². The van der Waals surface area contributed by atoms with E-state index in [-0.39, 0.29) is 0 Å². The molecule has 0 saturated heterocycles. The molecule has 2 heterocycles. The number of nitrogens with one attached hydrogen (secondary N) is 1. The minimum Gasteiger partial charge on any atom is -0.309 e. The van der Waals surface area contributed by atoms with Crippen molar-refractivity contribution in [2.75, 3.05) is 6.54 Å². The van der Waals surface area contributed by atoms with Crippen LogP contribution in [0, 0.1) is 12.3 Å². The Kier molecular flexibility index (Phi) is 3.42. The lowest BCUT2D eigenvalue weighted by Gasteiger charge is -2.12. The van der Waals surface area contributed by atoms with Crippen LogP contribution in [0.15, 0.2) is 17.5 Å². The molecular formula is C12H13NS2. The van der Waals surface area contributed by atoms with Gasteiger partial charge in [-0.2, -0.15) is 0 Å². The number of terminal acetylenes is 1. The molecule has 0 aromatic carbocycles. The van der Waals surface area contributed by atoms with E-state index in [0.29, 0.717) is 6.04 Å². The van der Waals surface area contributed by atoms with Crippen LogP contribution in [-0.2, 0) is 0 Å². The Balaban J connectivity index is 2.27. The SMILES string of the molecule is C#CCC(NCC)c1cc2sccc2s1. The topological polar surface area (TPSA) is 12.0 Å². The van der Waals surface area contributed by atoms with Gasteiger partial charge in [-0.15, -0.1) is 35.0 Å². The van der Waals surface area contributed by atoms with E-state index in [9.17, 15) is 0 Å². The zero-order valence-electron chi connectivity index (χ0n) is 8.62. The summed E-state index contributed by atoms with van der Waals surface area (Å²) in [6.07, 6.45) is 6.15. The quantitative estimate of drug-likeness (QED) is 0.798. The van der Waals surface area contributed by atoms with Gasteiger partial charge in [0.15, 0.2) is 0 Å². The lowest BCUT2D eigenvalue weighted by Crippen LogP contribution is -2.19. The van der Waals surface area contributed by atoms with Gasteiger partial charge < -0.3 is 5.32 Å². The lowest BCUT2D eigenvalue weighted by atomic mass is 10.2. The summed E-state index contributed by atoms with van der Waals surface area (Å²) in [7, 11) is 0. The number of fused-ring (bicyclic) bond motifs is 1. The minimum atomic E-state index is 0.324. The van der Waals surface area contributed by atoms with E-state index in [0.717, 1.165) is 13.0 Å². The first-order valence-electron chi connectivity index (χ1n) is 4.99. The van der Waals surface area contributed by atoms with Gasteiger partial charge >= 0.3 is 0 Å². The number of thiophene rings is 2. The average molecular weight is 235 g/mol. The summed E-state index contributed by atoms with van der Waals surface area (Å²) in [4.78, 5) is 1.36. The zero-order chi connectivity index (χ0) is 10.7. The molecule has 0 amide bonds. The molecule has 0 bridgehead atoms. The summed E-state index contributed by atoms with van der Waals surface area (Å²) in [5.74, 6) is 2.74. The van der Waals surface area contributed by atoms with Gasteiger partial charge in [-0.1, -0.05) is 6.92 Å². The highest BCUT2D eigenvalue weighted by Gasteiger charge is 2.12. The van der Waals surface area contributed by atoms with Gasteiger partial charge in [0.05, 0.1) is 6.04 Å². The van der Waals surface area contributed by atoms with Gasteiger partial charge in [-0.25, -0.2) is 0 Å². The van der Waals surface area contributed by atoms with Gasteiger partial charge in [0, 0.05) is 20.7 Å². The Hall–Kier alpha value is -0.820. The maximum atomic E-state index is 5.38. The van der Waals surface area contributed by atoms with E-state index in [1.807, 2.05) is 11.3 Å². The molecule has 15 heavy (non-hydrogen) atoms. The van der Waals surface area contributed by atoms with Gasteiger partial charge in [-0.3, -0.25) is 0 Å². The van der Waals surface area contributed by atoms with E-state index < -0.39 is 0 Å². The van der Waals surface area contributed by atoms with E-state index in [1.165, 1.54) is 14.3 Å². The van der Waals surface area contributed by atoms with E-state index in [4.69, 9.17) is 6.42 Å². The van der Waals surface area contributed by atoms with Gasteiger partial charge in [0.2, 0.25) is 0 Å². The molecule has 2 aromatic rings. The van der Waals surface area contributed by atoms with Crippen molar-refractivity contribution < 1.29 is 0 Å². The third kappa shape index (κ3) is 2.23. The fourth-order valence-electron chi connectivity index (χ4n) is 1.59. The number of rotatable bonds is 4. The number of hydrogen-bond donors (Lipinski definition) is 1. The Morgan fingerprint density at radius 3 is 3.07 bits per heavy atom. The van der Waals surface area contributed by atoms with Crippen LogP contribution in [0.4, 0.5) is 0 Å². The second kappa shape index (κ2) is 4.80. The summed E-state index contributed by atoms with van der Waals surface area (Å²) >= 11 is 3.64. The molecule has 2 aromatic heterocycles. The van der Waals surface area contributed by atoms with E-state index in [2.05, 4.69) is 35.7 Å². The molecule has 0 aliphatic rings. The van der Waals surface area contributed by atoms with E-state index in [1.54, 1.807) is 11.3 Å². The second-order valence-corrected chi connectivity index (χ2v) is 5.38. The summed E-state index contributed by atoms with van der Waals surface area (Å²) in [5.41, 5.74) is 0. The maximum absolute atomic E-state index is 5.38. The normalized spacial score (nSPS) is 12.8. The molecule has 0 fully saturated rings. The third-order valence-electron chi connectivity index (χ3n) is 2.27. The van der Waals surface area contributed by atoms with Gasteiger partial charge in [0.1, 0.15) is 0 Å². The molecule has 0 spiro atoms. The largest absolute Gasteiger partial charge is 0.309 e. The molecular weight excluding hydrogens is 222 g/mol. The fraction of sp³-hybridized carbons (Fsp3) is 0.333. The summed E-state index contributed by atoms with van der Waals surface area (Å²) in [6, 6.07) is 4.76. The van der Waals surface area contributed by atoms with Crippen molar-refractivity contribution in [1.82, 2.24) is 5.32 Å². The Labute approximate surface area is 98.1 Å². The summed E-state index contributed by atoms with van der Waals surface area (Å²) in [6.45, 7) is 3.07. The minimum absolute atomic E-state index is 0.324. The molecule has 0 radical (unpaired) electrons. The Bertz CT molecular complexity index is 446. The fourth-order valence-corrected chi connectivity index (χ4v) is 3.79. The standard InChI is InChI=1S/C12H13NS2/c1-3-5-9(13-4-2)11-8-12-10(15-11)6-7-14-12/h1,6-9,13H,4-5H2,2H3. The highest BCUT2D eigenvalue weighted by Crippen LogP contribution is 2.34. The highest BCUT2D eigenvalue weighted by atomic mass is 32.1. The van der Waals surface area contributed by atoms with Crippen molar-refractivity contribution in [2.45, 2.75) is 19.4 Å². The molecule has 1 nitrogen and oxygen atoms in total. The van der Waals surface area contributed by atoms with Crippen LogP contribution in [0.1, 0.15) is 24.3 Å². The zero-order valence-corrected chi connectivity index (χ0v) is 10.3. The Morgan fingerprint density at radius 1 is 1.53 bits per heavy atom. The van der Waals surface area contributed by atoms with E-state index >= 15 is 0 Å². The van der Waals surface area contributed by atoms with Crippen LogP contribution in [0.25, 0.3) is 9.40 Å². The lowest BCUT2D eigenvalue weighted by molar-refractivity contribution is 0.574. The molecule has 0 aliphatic heterocycles. The van der Waals surface area contributed by atoms with Crippen molar-refractivity contribution >= 4 is 32.1 Å². The third-order valence-corrected chi connectivity index (χ3v) is 4.48. The predicted molar refractivity (Wildman–Crippen MR) is 69.6 cm³/mol. The van der Waals surface area contributed by atoms with Crippen LogP contribution in [-0.4, -0.2) is 6.54 Å². The maximum Gasteiger partial charge on any atom is 0.0526 e. The van der Waals surface area contributed by atoms with Gasteiger partial charge in [-0.05, 0) is 24.1 Å². The summed E-state index contributed by atoms with van der Waals surface area (Å²) < 4.78 is 2.74.